The van der Waals surface area contributed by atoms with E-state index in [0.717, 1.165) is 0 Å². The summed E-state index contributed by atoms with van der Waals surface area (Å²) in [6, 6.07) is 3.57. The molecule has 0 N–H and O–H groups in total. The van der Waals surface area contributed by atoms with Crippen LogP contribution in [-0.2, 0) is 0 Å². The molecule has 4 nitrogen and oxygen atoms in total. The van der Waals surface area contributed by atoms with E-state index >= 15 is 0 Å². The molecule has 0 aliphatic heterocycles. The first-order chi connectivity index (χ1) is 8.28. The van der Waals surface area contributed by atoms with E-state index in [9.17, 15) is 0 Å². The first-order valence-corrected chi connectivity index (χ1v) is 6.08. The predicted molar refractivity (Wildman–Crippen MR) is 66.3 cm³/mol. The zero-order valence-electron chi connectivity index (χ0n) is 10.4. The minimum atomic E-state index is 0.526. The molecule has 1 aromatic carbocycles. The van der Waals surface area contributed by atoms with Gasteiger partial charge >= 0.3 is 10.5 Å². The van der Waals surface area contributed by atoms with Gasteiger partial charge in [0.2, 0.25) is 11.5 Å². The van der Waals surface area contributed by atoms with Crippen molar-refractivity contribution in [1.82, 2.24) is 0 Å². The van der Waals surface area contributed by atoms with E-state index in [2.05, 4.69) is 10.5 Å². The molecule has 1 aromatic rings. The Labute approximate surface area is 105 Å². The van der Waals surface area contributed by atoms with Crippen LogP contribution in [0.4, 0.5) is 0 Å². The van der Waals surface area contributed by atoms with E-state index in [1.54, 1.807) is 12.1 Å². The van der Waals surface area contributed by atoms with Crippen LogP contribution in [-0.4, -0.2) is 30.3 Å². The van der Waals surface area contributed by atoms with Crippen molar-refractivity contribution in [1.29, 1.82) is 0 Å². The maximum absolute atomic E-state index is 5.56. The van der Waals surface area contributed by atoms with Crippen molar-refractivity contribution in [2.75, 3.05) is 19.8 Å². The fourth-order valence-electron chi connectivity index (χ4n) is 1.44. The van der Waals surface area contributed by atoms with Gasteiger partial charge in [-0.05, 0) is 32.9 Å². The van der Waals surface area contributed by atoms with Crippen molar-refractivity contribution in [3.63, 3.8) is 0 Å². The van der Waals surface area contributed by atoms with Crippen molar-refractivity contribution in [3.8, 4) is 23.0 Å². The number of hydrogen-bond donors (Lipinski definition) is 0. The molecule has 1 rings (SSSR count). The third-order valence-corrected chi connectivity index (χ3v) is 2.25. The highest BCUT2D eigenvalue weighted by atomic mass is 28.2. The summed E-state index contributed by atoms with van der Waals surface area (Å²) in [5.41, 5.74) is 0. The number of ether oxygens (including phenoxy) is 3. The van der Waals surface area contributed by atoms with Crippen LogP contribution in [0.3, 0.4) is 0 Å². The van der Waals surface area contributed by atoms with Gasteiger partial charge in [0.25, 0.3) is 0 Å². The average Bonchev–Trinajstić information content (AvgIpc) is 2.34. The standard InChI is InChI=1S/C12H17O4Si/c1-4-13-9-7-8-10(16-17)12(15-6-3)11(9)14-5-2/h7-8H,4-6H2,1-3H3. The summed E-state index contributed by atoms with van der Waals surface area (Å²) >= 11 is 0. The van der Waals surface area contributed by atoms with Crippen molar-refractivity contribution in [3.05, 3.63) is 12.1 Å². The highest BCUT2D eigenvalue weighted by molar-refractivity contribution is 6.00. The summed E-state index contributed by atoms with van der Waals surface area (Å²) in [7, 11) is 3.00. The SMILES string of the molecule is CCOc1ccc(O[Si])c(OCC)c1OCC. The molecule has 0 aliphatic rings. The molecule has 0 saturated carbocycles. The second-order valence-corrected chi connectivity index (χ2v) is 3.33. The summed E-state index contributed by atoms with van der Waals surface area (Å²) in [6.07, 6.45) is 0. The number of rotatable bonds is 7. The van der Waals surface area contributed by atoms with Gasteiger partial charge in [-0.15, -0.1) is 0 Å². The van der Waals surface area contributed by atoms with E-state index in [1.165, 1.54) is 0 Å². The lowest BCUT2D eigenvalue weighted by molar-refractivity contribution is 0.256. The van der Waals surface area contributed by atoms with Crippen LogP contribution < -0.4 is 18.6 Å². The lowest BCUT2D eigenvalue weighted by atomic mass is 10.2. The molecule has 0 saturated heterocycles. The largest absolute Gasteiger partial charge is 0.538 e. The molecule has 93 valence electrons. The topological polar surface area (TPSA) is 36.9 Å². The van der Waals surface area contributed by atoms with Crippen molar-refractivity contribution in [2.45, 2.75) is 20.8 Å². The lowest BCUT2D eigenvalue weighted by Crippen LogP contribution is -2.04. The van der Waals surface area contributed by atoms with Crippen LogP contribution in [0.25, 0.3) is 0 Å². The van der Waals surface area contributed by atoms with Crippen LogP contribution >= 0.6 is 0 Å². The van der Waals surface area contributed by atoms with Crippen LogP contribution in [0.1, 0.15) is 20.8 Å². The highest BCUT2D eigenvalue weighted by Crippen LogP contribution is 2.44. The molecule has 17 heavy (non-hydrogen) atoms. The van der Waals surface area contributed by atoms with Crippen LogP contribution in [0.15, 0.2) is 12.1 Å². The van der Waals surface area contributed by atoms with Gasteiger partial charge in [0.15, 0.2) is 11.5 Å². The van der Waals surface area contributed by atoms with Gasteiger partial charge in [-0.3, -0.25) is 0 Å². The molecule has 0 amide bonds. The first kappa shape index (κ1) is 13.7. The van der Waals surface area contributed by atoms with Crippen molar-refractivity contribution in [2.24, 2.45) is 0 Å². The zero-order valence-corrected chi connectivity index (χ0v) is 11.4. The van der Waals surface area contributed by atoms with E-state index in [1.807, 2.05) is 20.8 Å². The third kappa shape index (κ3) is 3.29. The quantitative estimate of drug-likeness (QED) is 0.699. The predicted octanol–water partition coefficient (Wildman–Crippen LogP) is 2.34. The summed E-state index contributed by atoms with van der Waals surface area (Å²) in [6.45, 7) is 7.36. The van der Waals surface area contributed by atoms with Crippen molar-refractivity contribution < 1.29 is 18.6 Å². The Bertz CT molecular complexity index is 355. The monoisotopic (exact) mass is 253 g/mol. The summed E-state index contributed by atoms with van der Waals surface area (Å²) in [5, 5.41) is 0. The Hall–Kier alpha value is -1.36. The second kappa shape index (κ2) is 7.06. The molecular weight excluding hydrogens is 236 g/mol. The Balaban J connectivity index is 3.20. The van der Waals surface area contributed by atoms with Crippen LogP contribution in [0.5, 0.6) is 23.0 Å². The fourth-order valence-corrected chi connectivity index (χ4v) is 1.60. The Kier molecular flexibility index (Phi) is 5.69. The molecule has 5 heteroatoms. The molecule has 3 radical (unpaired) electrons. The van der Waals surface area contributed by atoms with E-state index in [0.29, 0.717) is 42.8 Å². The zero-order chi connectivity index (χ0) is 12.7. The summed E-state index contributed by atoms with van der Waals surface area (Å²) in [4.78, 5) is 0. The molecule has 0 unspecified atom stereocenters. The maximum atomic E-state index is 5.56. The Morgan fingerprint density at radius 3 is 1.76 bits per heavy atom. The third-order valence-electron chi connectivity index (χ3n) is 2.03. The minimum Gasteiger partial charge on any atom is -0.538 e. The van der Waals surface area contributed by atoms with Gasteiger partial charge in [0, 0.05) is 0 Å². The Morgan fingerprint density at radius 1 is 0.824 bits per heavy atom. The number of hydrogen-bond acceptors (Lipinski definition) is 4. The van der Waals surface area contributed by atoms with Crippen molar-refractivity contribution >= 4 is 10.5 Å². The fraction of sp³-hybridized carbons (Fsp3) is 0.500. The average molecular weight is 253 g/mol. The molecule has 0 aliphatic carbocycles. The summed E-state index contributed by atoms with van der Waals surface area (Å²) < 4.78 is 21.7. The normalized spacial score (nSPS) is 9.88. The lowest BCUT2D eigenvalue weighted by Gasteiger charge is -2.17. The van der Waals surface area contributed by atoms with Gasteiger partial charge in [-0.25, -0.2) is 0 Å². The number of benzene rings is 1. The molecule has 0 atom stereocenters. The Morgan fingerprint density at radius 2 is 1.29 bits per heavy atom. The summed E-state index contributed by atoms with van der Waals surface area (Å²) in [5.74, 6) is 2.35. The molecule has 0 fully saturated rings. The van der Waals surface area contributed by atoms with Crippen LogP contribution in [0.2, 0.25) is 0 Å². The maximum Gasteiger partial charge on any atom is 0.341 e. The highest BCUT2D eigenvalue weighted by Gasteiger charge is 2.17. The van der Waals surface area contributed by atoms with Gasteiger partial charge < -0.3 is 18.6 Å². The molecule has 0 heterocycles. The van der Waals surface area contributed by atoms with Gasteiger partial charge in [0.1, 0.15) is 0 Å². The molecule has 0 bridgehead atoms. The van der Waals surface area contributed by atoms with Gasteiger partial charge in [0.05, 0.1) is 19.8 Å². The van der Waals surface area contributed by atoms with Gasteiger partial charge in [-0.2, -0.15) is 0 Å². The second-order valence-electron chi connectivity index (χ2n) is 3.12. The van der Waals surface area contributed by atoms with E-state index < -0.39 is 0 Å². The smallest absolute Gasteiger partial charge is 0.341 e. The minimum absolute atomic E-state index is 0.526. The molecule has 0 spiro atoms. The van der Waals surface area contributed by atoms with Gasteiger partial charge in [-0.1, -0.05) is 0 Å². The molecular formula is C12H17O4Si. The van der Waals surface area contributed by atoms with Crippen LogP contribution in [0, 0.1) is 0 Å². The van der Waals surface area contributed by atoms with E-state index in [-0.39, 0.29) is 0 Å². The molecule has 0 aromatic heterocycles. The first-order valence-electron chi connectivity index (χ1n) is 5.67. The van der Waals surface area contributed by atoms with E-state index in [4.69, 9.17) is 18.6 Å².